The molecule has 3 N–H and O–H groups in total. The van der Waals surface area contributed by atoms with E-state index < -0.39 is 29.5 Å². The van der Waals surface area contributed by atoms with Crippen LogP contribution in [0.15, 0.2) is 48.5 Å². The lowest BCUT2D eigenvalue weighted by Crippen LogP contribution is -2.55. The van der Waals surface area contributed by atoms with E-state index in [1.807, 2.05) is 55.5 Å². The number of aliphatic hydroxyl groups is 1. The zero-order valence-corrected chi connectivity index (χ0v) is 17.5. The minimum atomic E-state index is -1.36. The van der Waals surface area contributed by atoms with Crippen molar-refractivity contribution in [2.75, 3.05) is 11.9 Å². The number of benzene rings is 2. The number of anilines is 1. The molecule has 0 aromatic heterocycles. The third-order valence-corrected chi connectivity index (χ3v) is 6.88. The molecule has 2 aromatic rings. The Hall–Kier alpha value is -3.03. The van der Waals surface area contributed by atoms with E-state index in [9.17, 15) is 19.5 Å². The van der Waals surface area contributed by atoms with Crippen molar-refractivity contribution >= 4 is 23.4 Å². The van der Waals surface area contributed by atoms with E-state index in [2.05, 4.69) is 10.6 Å². The number of rotatable bonds is 4. The first-order valence-corrected chi connectivity index (χ1v) is 10.6. The first-order chi connectivity index (χ1) is 14.8. The number of amides is 3. The van der Waals surface area contributed by atoms with Crippen LogP contribution in [0.3, 0.4) is 0 Å². The topological polar surface area (TPSA) is 98.7 Å². The Morgan fingerprint density at radius 2 is 1.84 bits per heavy atom. The monoisotopic (exact) mass is 419 g/mol. The zero-order chi connectivity index (χ0) is 21.9. The minimum absolute atomic E-state index is 0.250. The lowest BCUT2D eigenvalue weighted by atomic mass is 9.76. The average molecular weight is 419 g/mol. The molecule has 0 saturated carbocycles. The van der Waals surface area contributed by atoms with Crippen LogP contribution in [0.1, 0.15) is 23.6 Å². The van der Waals surface area contributed by atoms with Crippen molar-refractivity contribution in [2.24, 2.45) is 11.8 Å². The largest absolute Gasteiger partial charge is 0.392 e. The van der Waals surface area contributed by atoms with Gasteiger partial charge in [-0.1, -0.05) is 48.0 Å². The summed E-state index contributed by atoms with van der Waals surface area (Å²) in [5.41, 5.74) is 1.92. The van der Waals surface area contributed by atoms with Crippen molar-refractivity contribution < 1.29 is 19.5 Å². The smallest absolute Gasteiger partial charge is 0.250 e. The quantitative estimate of drug-likeness (QED) is 0.650. The van der Waals surface area contributed by atoms with Gasteiger partial charge in [-0.25, -0.2) is 0 Å². The highest BCUT2D eigenvalue weighted by Gasteiger charge is 2.70. The average Bonchev–Trinajstić information content (AvgIpc) is 3.33. The van der Waals surface area contributed by atoms with Crippen molar-refractivity contribution in [2.45, 2.75) is 38.0 Å². The fourth-order valence-corrected chi connectivity index (χ4v) is 5.43. The van der Waals surface area contributed by atoms with Crippen molar-refractivity contribution in [3.05, 3.63) is 65.2 Å². The number of nitrogens with one attached hydrogen (secondary N) is 2. The molecule has 2 aromatic carbocycles. The maximum Gasteiger partial charge on any atom is 0.250 e. The maximum atomic E-state index is 13.6. The van der Waals surface area contributed by atoms with Crippen LogP contribution in [0.5, 0.6) is 0 Å². The zero-order valence-electron chi connectivity index (χ0n) is 17.5. The molecule has 0 bridgehead atoms. The van der Waals surface area contributed by atoms with Crippen LogP contribution in [0, 0.1) is 18.8 Å². The molecule has 3 aliphatic rings. The molecule has 5 atom stereocenters. The summed E-state index contributed by atoms with van der Waals surface area (Å²) in [5, 5.41) is 16.6. The number of nitrogens with zero attached hydrogens (tertiary/aromatic N) is 1. The van der Waals surface area contributed by atoms with Gasteiger partial charge in [0, 0.05) is 23.8 Å². The number of fused-ring (bicyclic) bond motifs is 4. The summed E-state index contributed by atoms with van der Waals surface area (Å²) in [6.07, 6.45) is -0.362. The van der Waals surface area contributed by atoms with Crippen molar-refractivity contribution in [3.63, 3.8) is 0 Å². The number of hydrogen-bond acceptors (Lipinski definition) is 5. The number of aliphatic hydroxyl groups excluding tert-OH is 1. The number of carbonyl (C=O) groups is 3. The van der Waals surface area contributed by atoms with Crippen LogP contribution in [0.25, 0.3) is 0 Å². The van der Waals surface area contributed by atoms with Gasteiger partial charge in [0.25, 0.3) is 0 Å². The van der Waals surface area contributed by atoms with Gasteiger partial charge in [-0.3, -0.25) is 24.6 Å². The van der Waals surface area contributed by atoms with Crippen LogP contribution in [0.2, 0.25) is 0 Å². The third kappa shape index (κ3) is 2.77. The SMILES string of the molecule is Cc1ccc2c(c1)[C@]1(N[C@H]([C@@H](C)O)[C@H]3C(=O)N(CCc4ccccc4)C(=O)[C@H]31)C(=O)N2. The second-order valence-electron chi connectivity index (χ2n) is 8.79. The van der Waals surface area contributed by atoms with Crippen molar-refractivity contribution in [3.8, 4) is 0 Å². The molecule has 5 rings (SSSR count). The first kappa shape index (κ1) is 19.9. The summed E-state index contributed by atoms with van der Waals surface area (Å²) in [6.45, 7) is 3.75. The number of hydrogen-bond donors (Lipinski definition) is 3. The Balaban J connectivity index is 1.55. The van der Waals surface area contributed by atoms with Gasteiger partial charge in [-0.05, 0) is 31.9 Å². The molecule has 31 heavy (non-hydrogen) atoms. The molecule has 2 saturated heterocycles. The van der Waals surface area contributed by atoms with Gasteiger partial charge in [-0.2, -0.15) is 0 Å². The van der Waals surface area contributed by atoms with Crippen LogP contribution >= 0.6 is 0 Å². The molecule has 3 heterocycles. The summed E-state index contributed by atoms with van der Waals surface area (Å²) in [4.78, 5) is 41.5. The molecule has 3 amide bonds. The van der Waals surface area contributed by atoms with Crippen LogP contribution in [-0.2, 0) is 26.3 Å². The Morgan fingerprint density at radius 3 is 2.55 bits per heavy atom. The van der Waals surface area contributed by atoms with Crippen LogP contribution in [0.4, 0.5) is 5.69 Å². The molecule has 0 unspecified atom stereocenters. The van der Waals surface area contributed by atoms with Gasteiger partial charge in [0.1, 0.15) is 5.54 Å². The highest BCUT2D eigenvalue weighted by Crippen LogP contribution is 2.53. The number of imide groups is 1. The Morgan fingerprint density at radius 1 is 1.10 bits per heavy atom. The Labute approximate surface area is 180 Å². The molecule has 160 valence electrons. The molecule has 1 spiro atoms. The molecule has 0 radical (unpaired) electrons. The molecule has 3 aliphatic heterocycles. The van der Waals surface area contributed by atoms with E-state index in [1.165, 1.54) is 4.90 Å². The van der Waals surface area contributed by atoms with E-state index in [-0.39, 0.29) is 24.3 Å². The van der Waals surface area contributed by atoms with Crippen molar-refractivity contribution in [1.29, 1.82) is 0 Å². The van der Waals surface area contributed by atoms with Gasteiger partial charge >= 0.3 is 0 Å². The summed E-state index contributed by atoms with van der Waals surface area (Å²) >= 11 is 0. The van der Waals surface area contributed by atoms with Gasteiger partial charge in [0.15, 0.2) is 0 Å². The van der Waals surface area contributed by atoms with Crippen LogP contribution < -0.4 is 10.6 Å². The third-order valence-electron chi connectivity index (χ3n) is 6.88. The molecular formula is C24H25N3O4. The standard InChI is InChI=1S/C24H25N3O4/c1-13-8-9-17-16(12-13)24(23(31)25-17)19-18(20(26-24)14(2)28)21(29)27(22(19)30)11-10-15-6-4-3-5-7-15/h3-9,12,14,18-20,26,28H,10-11H2,1-2H3,(H,25,31)/t14-,18+,19+,20-,24-/m1/s1. The lowest BCUT2D eigenvalue weighted by molar-refractivity contribution is -0.143. The maximum absolute atomic E-state index is 13.6. The van der Waals surface area contributed by atoms with E-state index in [1.54, 1.807) is 6.92 Å². The molecule has 0 aliphatic carbocycles. The fourth-order valence-electron chi connectivity index (χ4n) is 5.43. The van der Waals surface area contributed by atoms with Crippen molar-refractivity contribution in [1.82, 2.24) is 10.2 Å². The first-order valence-electron chi connectivity index (χ1n) is 10.6. The highest BCUT2D eigenvalue weighted by atomic mass is 16.3. The second kappa shape index (κ2) is 7.00. The summed E-state index contributed by atoms with van der Waals surface area (Å²) in [7, 11) is 0. The molecular weight excluding hydrogens is 394 g/mol. The van der Waals surface area contributed by atoms with Gasteiger partial charge in [0.05, 0.1) is 17.9 Å². The van der Waals surface area contributed by atoms with Gasteiger partial charge < -0.3 is 10.4 Å². The van der Waals surface area contributed by atoms with E-state index in [0.29, 0.717) is 17.7 Å². The number of likely N-dealkylation sites (tertiary alicyclic amines) is 1. The van der Waals surface area contributed by atoms with E-state index >= 15 is 0 Å². The van der Waals surface area contributed by atoms with E-state index in [4.69, 9.17) is 0 Å². The summed E-state index contributed by atoms with van der Waals surface area (Å²) in [5.74, 6) is -2.71. The van der Waals surface area contributed by atoms with Crippen LogP contribution in [-0.4, -0.2) is 46.4 Å². The highest BCUT2D eigenvalue weighted by molar-refractivity contribution is 6.15. The fraction of sp³-hybridized carbons (Fsp3) is 0.375. The number of carbonyl (C=O) groups excluding carboxylic acids is 3. The van der Waals surface area contributed by atoms with Gasteiger partial charge in [-0.15, -0.1) is 0 Å². The van der Waals surface area contributed by atoms with Gasteiger partial charge in [0.2, 0.25) is 17.7 Å². The summed E-state index contributed by atoms with van der Waals surface area (Å²) < 4.78 is 0. The predicted octanol–water partition coefficient (Wildman–Crippen LogP) is 1.34. The van der Waals surface area contributed by atoms with E-state index in [0.717, 1.165) is 11.1 Å². The second-order valence-corrected chi connectivity index (χ2v) is 8.79. The lowest BCUT2D eigenvalue weighted by Gasteiger charge is -2.30. The molecule has 7 heteroatoms. The number of aryl methyl sites for hydroxylation is 1. The Kier molecular flexibility index (Phi) is 4.50. The molecule has 7 nitrogen and oxygen atoms in total. The summed E-state index contributed by atoms with van der Waals surface area (Å²) in [6, 6.07) is 14.6. The molecule has 2 fully saturated rings. The Bertz CT molecular complexity index is 1080. The predicted molar refractivity (Wildman–Crippen MR) is 114 cm³/mol. The normalized spacial score (nSPS) is 30.0. The minimum Gasteiger partial charge on any atom is -0.392 e.